The van der Waals surface area contributed by atoms with Gasteiger partial charge >= 0.3 is 6.61 Å². The third-order valence-corrected chi connectivity index (χ3v) is 5.17. The van der Waals surface area contributed by atoms with Crippen molar-refractivity contribution in [3.05, 3.63) is 24.3 Å². The Kier molecular flexibility index (Phi) is 5.45. The van der Waals surface area contributed by atoms with Crippen molar-refractivity contribution in [1.29, 1.82) is 0 Å². The molecule has 1 aliphatic heterocycles. The van der Waals surface area contributed by atoms with Crippen molar-refractivity contribution in [2.75, 3.05) is 17.6 Å². The Hall–Kier alpha value is -1.30. The van der Waals surface area contributed by atoms with Crippen LogP contribution in [0.15, 0.2) is 29.3 Å². The van der Waals surface area contributed by atoms with Crippen LogP contribution in [0.5, 0.6) is 5.75 Å². The van der Waals surface area contributed by atoms with Crippen molar-refractivity contribution in [3.63, 3.8) is 0 Å². The molecule has 1 aromatic rings. The molecule has 0 saturated heterocycles. The number of rotatable bonds is 5. The fourth-order valence-corrected chi connectivity index (χ4v) is 3.44. The molecule has 0 spiro atoms. The van der Waals surface area contributed by atoms with Crippen molar-refractivity contribution >= 4 is 22.6 Å². The van der Waals surface area contributed by atoms with Crippen LogP contribution in [0.1, 0.15) is 26.7 Å². The van der Waals surface area contributed by atoms with Crippen molar-refractivity contribution in [1.82, 2.24) is 0 Å². The van der Waals surface area contributed by atoms with Gasteiger partial charge in [-0.05, 0) is 42.5 Å². The van der Waals surface area contributed by atoms with Crippen molar-refractivity contribution in [3.8, 4) is 5.75 Å². The lowest BCUT2D eigenvalue weighted by Crippen LogP contribution is -2.32. The van der Waals surface area contributed by atoms with Crippen LogP contribution in [0.4, 0.5) is 14.5 Å². The molecule has 1 aromatic carbocycles. The standard InChI is InChI=1S/C15H20F2N2OS/c1-3-15(4-2)9-18-14(21-10-15)19-11-5-7-12(8-6-11)20-13(16)17/h5-8,13H,3-4,9-10H2,1-2H3,(H,18,19). The molecule has 0 saturated carbocycles. The lowest BCUT2D eigenvalue weighted by atomic mass is 9.84. The van der Waals surface area contributed by atoms with E-state index >= 15 is 0 Å². The molecule has 1 N–H and O–H groups in total. The van der Waals surface area contributed by atoms with Gasteiger partial charge in [0, 0.05) is 18.0 Å². The predicted molar refractivity (Wildman–Crippen MR) is 84.5 cm³/mol. The van der Waals surface area contributed by atoms with E-state index in [9.17, 15) is 8.78 Å². The lowest BCUT2D eigenvalue weighted by molar-refractivity contribution is -0.0498. The highest BCUT2D eigenvalue weighted by Gasteiger charge is 2.30. The molecule has 0 aromatic heterocycles. The average Bonchev–Trinajstić information content (AvgIpc) is 2.50. The molecule has 2 rings (SSSR count). The first-order valence-corrected chi connectivity index (χ1v) is 8.04. The number of halogens is 2. The number of nitrogens with one attached hydrogen (secondary N) is 1. The highest BCUT2D eigenvalue weighted by molar-refractivity contribution is 8.14. The maximum absolute atomic E-state index is 12.1. The first-order valence-electron chi connectivity index (χ1n) is 7.06. The van der Waals surface area contributed by atoms with Gasteiger partial charge in [0.25, 0.3) is 0 Å². The maximum Gasteiger partial charge on any atom is 0.387 e. The van der Waals surface area contributed by atoms with Gasteiger partial charge in [0.2, 0.25) is 0 Å². The van der Waals surface area contributed by atoms with Crippen LogP contribution in [0, 0.1) is 5.41 Å². The van der Waals surface area contributed by atoms with Gasteiger partial charge in [-0.3, -0.25) is 4.99 Å². The second-order valence-electron chi connectivity index (χ2n) is 5.15. The third kappa shape index (κ3) is 4.33. The first kappa shape index (κ1) is 16.1. The van der Waals surface area contributed by atoms with E-state index < -0.39 is 6.61 Å². The number of aliphatic imine (C=N–C) groups is 1. The van der Waals surface area contributed by atoms with Gasteiger partial charge in [-0.1, -0.05) is 25.6 Å². The summed E-state index contributed by atoms with van der Waals surface area (Å²) in [6.45, 7) is 2.46. The van der Waals surface area contributed by atoms with E-state index in [0.29, 0.717) is 5.41 Å². The van der Waals surface area contributed by atoms with Gasteiger partial charge in [-0.2, -0.15) is 8.78 Å². The molecule has 1 aliphatic rings. The SMILES string of the molecule is CCC1(CC)CN=C(Nc2ccc(OC(F)F)cc2)SC1. The summed E-state index contributed by atoms with van der Waals surface area (Å²) in [7, 11) is 0. The molecule has 0 atom stereocenters. The van der Waals surface area contributed by atoms with Crippen LogP contribution in [0.3, 0.4) is 0 Å². The van der Waals surface area contributed by atoms with Crippen molar-refractivity contribution in [2.45, 2.75) is 33.3 Å². The molecule has 1 heterocycles. The van der Waals surface area contributed by atoms with Crippen molar-refractivity contribution in [2.24, 2.45) is 10.4 Å². The Morgan fingerprint density at radius 2 is 1.95 bits per heavy atom. The van der Waals surface area contributed by atoms with E-state index in [2.05, 4.69) is 28.9 Å². The van der Waals surface area contributed by atoms with Gasteiger partial charge in [0.1, 0.15) is 5.75 Å². The summed E-state index contributed by atoms with van der Waals surface area (Å²) in [6, 6.07) is 6.46. The third-order valence-electron chi connectivity index (χ3n) is 3.90. The minimum absolute atomic E-state index is 0.157. The molecule has 0 fully saturated rings. The van der Waals surface area contributed by atoms with Crippen LogP contribution < -0.4 is 10.1 Å². The number of alkyl halides is 2. The van der Waals surface area contributed by atoms with Crippen molar-refractivity contribution < 1.29 is 13.5 Å². The summed E-state index contributed by atoms with van der Waals surface area (Å²) >= 11 is 1.72. The summed E-state index contributed by atoms with van der Waals surface area (Å²) in [5.41, 5.74) is 1.13. The van der Waals surface area contributed by atoms with Crippen LogP contribution in [0.2, 0.25) is 0 Å². The normalized spacial score (nSPS) is 17.5. The number of nitrogens with zero attached hydrogens (tertiary/aromatic N) is 1. The summed E-state index contributed by atoms with van der Waals surface area (Å²) in [4.78, 5) is 4.61. The Morgan fingerprint density at radius 3 is 2.43 bits per heavy atom. The van der Waals surface area contributed by atoms with Gasteiger partial charge in [0.05, 0.1) is 0 Å². The molecule has 3 nitrogen and oxygen atoms in total. The topological polar surface area (TPSA) is 33.6 Å². The summed E-state index contributed by atoms with van der Waals surface area (Å²) in [6.07, 6.45) is 2.26. The smallest absolute Gasteiger partial charge is 0.387 e. The summed E-state index contributed by atoms with van der Waals surface area (Å²) in [5, 5.41) is 4.10. The minimum atomic E-state index is -2.79. The molecule has 0 bridgehead atoms. The molecular formula is C15H20F2N2OS. The number of ether oxygens (including phenoxy) is 1. The number of benzene rings is 1. The lowest BCUT2D eigenvalue weighted by Gasteiger charge is -2.33. The fraction of sp³-hybridized carbons (Fsp3) is 0.533. The number of hydrogen-bond donors (Lipinski definition) is 1. The van der Waals surface area contributed by atoms with E-state index in [1.54, 1.807) is 23.9 Å². The van der Waals surface area contributed by atoms with E-state index in [1.165, 1.54) is 12.1 Å². The molecule has 6 heteroatoms. The van der Waals surface area contributed by atoms with Gasteiger partial charge in [-0.15, -0.1) is 0 Å². The van der Waals surface area contributed by atoms with Crippen LogP contribution in [0.25, 0.3) is 0 Å². The maximum atomic E-state index is 12.1. The van der Waals surface area contributed by atoms with Crippen LogP contribution in [-0.4, -0.2) is 24.1 Å². The van der Waals surface area contributed by atoms with Crippen LogP contribution in [-0.2, 0) is 0 Å². The van der Waals surface area contributed by atoms with Gasteiger partial charge < -0.3 is 10.1 Å². The van der Waals surface area contributed by atoms with E-state index in [-0.39, 0.29) is 5.75 Å². The summed E-state index contributed by atoms with van der Waals surface area (Å²) in [5.74, 6) is 1.21. The predicted octanol–water partition coefficient (Wildman–Crippen LogP) is 4.61. The Labute approximate surface area is 128 Å². The minimum Gasteiger partial charge on any atom is -0.435 e. The van der Waals surface area contributed by atoms with E-state index in [4.69, 9.17) is 0 Å². The number of anilines is 1. The molecule has 21 heavy (non-hydrogen) atoms. The molecule has 0 unspecified atom stereocenters. The number of hydrogen-bond acceptors (Lipinski definition) is 4. The molecule has 0 amide bonds. The monoisotopic (exact) mass is 314 g/mol. The van der Waals surface area contributed by atoms with Gasteiger partial charge in [-0.25, -0.2) is 0 Å². The second kappa shape index (κ2) is 7.11. The highest BCUT2D eigenvalue weighted by Crippen LogP contribution is 2.35. The zero-order valence-corrected chi connectivity index (χ0v) is 13.1. The zero-order valence-electron chi connectivity index (χ0n) is 12.2. The average molecular weight is 314 g/mol. The molecule has 116 valence electrons. The zero-order chi connectivity index (χ0) is 15.3. The molecule has 0 radical (unpaired) electrons. The number of thioether (sulfide) groups is 1. The van der Waals surface area contributed by atoms with E-state index in [1.807, 2.05) is 0 Å². The first-order chi connectivity index (χ1) is 10.1. The van der Waals surface area contributed by atoms with Crippen LogP contribution >= 0.6 is 11.8 Å². The molecule has 0 aliphatic carbocycles. The Morgan fingerprint density at radius 1 is 1.29 bits per heavy atom. The van der Waals surface area contributed by atoms with Gasteiger partial charge in [0.15, 0.2) is 5.17 Å². The largest absolute Gasteiger partial charge is 0.435 e. The highest BCUT2D eigenvalue weighted by atomic mass is 32.2. The molecular weight excluding hydrogens is 294 g/mol. The Balaban J connectivity index is 1.95. The van der Waals surface area contributed by atoms with E-state index in [0.717, 1.165) is 36.0 Å². The summed E-state index contributed by atoms with van der Waals surface area (Å²) < 4.78 is 28.5. The Bertz CT molecular complexity index is 487. The quantitative estimate of drug-likeness (QED) is 0.861. The fourth-order valence-electron chi connectivity index (χ4n) is 2.15. The second-order valence-corrected chi connectivity index (χ2v) is 6.11. The number of amidine groups is 1.